The van der Waals surface area contributed by atoms with Crippen LogP contribution in [-0.2, 0) is 0 Å². The minimum atomic E-state index is -0.125. The van der Waals surface area contributed by atoms with Gasteiger partial charge in [0.05, 0.1) is 0 Å². The van der Waals surface area contributed by atoms with Crippen molar-refractivity contribution in [3.05, 3.63) is 63.4 Å². The zero-order valence-corrected chi connectivity index (χ0v) is 14.8. The molecule has 112 valence electrons. The van der Waals surface area contributed by atoms with Crippen molar-refractivity contribution in [1.82, 2.24) is 5.32 Å². The topological polar surface area (TPSA) is 12.0 Å². The van der Waals surface area contributed by atoms with Gasteiger partial charge in [0.2, 0.25) is 0 Å². The van der Waals surface area contributed by atoms with E-state index in [0.29, 0.717) is 0 Å². The SMILES string of the molecule is CNC(CSc1ccccc1Br)c1c(C)cc(C)cc1F. The van der Waals surface area contributed by atoms with Gasteiger partial charge in [-0.25, -0.2) is 4.39 Å². The Hall–Kier alpha value is -0.840. The monoisotopic (exact) mass is 367 g/mol. The van der Waals surface area contributed by atoms with Gasteiger partial charge in [0.25, 0.3) is 0 Å². The summed E-state index contributed by atoms with van der Waals surface area (Å²) in [5.41, 5.74) is 2.73. The molecule has 0 aliphatic rings. The first kappa shape index (κ1) is 16.5. The summed E-state index contributed by atoms with van der Waals surface area (Å²) in [6, 6.07) is 11.7. The van der Waals surface area contributed by atoms with E-state index in [1.807, 2.05) is 45.2 Å². The van der Waals surface area contributed by atoms with Crippen molar-refractivity contribution >= 4 is 27.7 Å². The van der Waals surface area contributed by atoms with Crippen molar-refractivity contribution in [2.45, 2.75) is 24.8 Å². The summed E-state index contributed by atoms with van der Waals surface area (Å²) in [5, 5.41) is 3.23. The average Bonchev–Trinajstić information content (AvgIpc) is 2.43. The lowest BCUT2D eigenvalue weighted by atomic mass is 9.99. The summed E-state index contributed by atoms with van der Waals surface area (Å²) in [7, 11) is 1.88. The molecule has 0 bridgehead atoms. The van der Waals surface area contributed by atoms with E-state index in [4.69, 9.17) is 0 Å². The van der Waals surface area contributed by atoms with Crippen LogP contribution in [0.1, 0.15) is 22.7 Å². The number of nitrogens with one attached hydrogen (secondary N) is 1. The van der Waals surface area contributed by atoms with Crippen molar-refractivity contribution in [3.8, 4) is 0 Å². The Kier molecular flexibility index (Phi) is 5.85. The van der Waals surface area contributed by atoms with Crippen LogP contribution in [0.15, 0.2) is 45.8 Å². The summed E-state index contributed by atoms with van der Waals surface area (Å²) in [5.74, 6) is 0.652. The van der Waals surface area contributed by atoms with Gasteiger partial charge >= 0.3 is 0 Å². The lowest BCUT2D eigenvalue weighted by molar-refractivity contribution is 0.561. The van der Waals surface area contributed by atoms with E-state index in [0.717, 1.165) is 26.9 Å². The van der Waals surface area contributed by atoms with E-state index in [1.165, 1.54) is 4.90 Å². The molecule has 1 unspecified atom stereocenters. The van der Waals surface area contributed by atoms with Gasteiger partial charge in [-0.2, -0.15) is 0 Å². The van der Waals surface area contributed by atoms with Crippen molar-refractivity contribution in [3.63, 3.8) is 0 Å². The third-order valence-electron chi connectivity index (χ3n) is 3.42. The largest absolute Gasteiger partial charge is 0.312 e. The van der Waals surface area contributed by atoms with Gasteiger partial charge < -0.3 is 5.32 Å². The Labute approximate surface area is 138 Å². The number of benzene rings is 2. The predicted molar refractivity (Wildman–Crippen MR) is 92.5 cm³/mol. The normalized spacial score (nSPS) is 12.4. The van der Waals surface area contributed by atoms with E-state index < -0.39 is 0 Å². The third kappa shape index (κ3) is 4.09. The molecule has 2 rings (SSSR count). The Morgan fingerprint density at radius 2 is 1.95 bits per heavy atom. The van der Waals surface area contributed by atoms with Crippen molar-refractivity contribution in [2.75, 3.05) is 12.8 Å². The Morgan fingerprint density at radius 3 is 2.57 bits per heavy atom. The van der Waals surface area contributed by atoms with E-state index in [-0.39, 0.29) is 11.9 Å². The van der Waals surface area contributed by atoms with Crippen LogP contribution in [0.5, 0.6) is 0 Å². The van der Waals surface area contributed by atoms with Gasteiger partial charge in [-0.05, 0) is 66.2 Å². The van der Waals surface area contributed by atoms with Crippen LogP contribution in [0.3, 0.4) is 0 Å². The van der Waals surface area contributed by atoms with Gasteiger partial charge in [-0.15, -0.1) is 11.8 Å². The van der Waals surface area contributed by atoms with Crippen molar-refractivity contribution in [2.24, 2.45) is 0 Å². The fraction of sp³-hybridized carbons (Fsp3) is 0.294. The first-order valence-corrected chi connectivity index (χ1v) is 8.62. The zero-order chi connectivity index (χ0) is 15.4. The van der Waals surface area contributed by atoms with Crippen molar-refractivity contribution < 1.29 is 4.39 Å². The van der Waals surface area contributed by atoms with E-state index in [2.05, 4.69) is 27.3 Å². The molecule has 0 aliphatic carbocycles. The first-order chi connectivity index (χ1) is 10.0. The molecule has 0 aromatic heterocycles. The molecule has 1 nitrogen and oxygen atoms in total. The molecule has 2 aromatic carbocycles. The fourth-order valence-corrected chi connectivity index (χ4v) is 4.10. The molecule has 0 amide bonds. The number of hydrogen-bond acceptors (Lipinski definition) is 2. The quantitative estimate of drug-likeness (QED) is 0.723. The summed E-state index contributed by atoms with van der Waals surface area (Å²) in [6.45, 7) is 3.89. The molecule has 0 aliphatic heterocycles. The molecular formula is C17H19BrFNS. The third-order valence-corrected chi connectivity index (χ3v) is 5.54. The molecule has 4 heteroatoms. The minimum absolute atomic E-state index is 0.0114. The molecular weight excluding hydrogens is 349 g/mol. The highest BCUT2D eigenvalue weighted by Crippen LogP contribution is 2.32. The predicted octanol–water partition coefficient (Wildman–Crippen LogP) is 5.26. The molecule has 0 heterocycles. The molecule has 0 radical (unpaired) electrons. The van der Waals surface area contributed by atoms with Crippen LogP contribution in [-0.4, -0.2) is 12.8 Å². The summed E-state index contributed by atoms with van der Waals surface area (Å²) in [4.78, 5) is 1.17. The highest BCUT2D eigenvalue weighted by molar-refractivity contribution is 9.10. The number of thioether (sulfide) groups is 1. The second kappa shape index (κ2) is 7.43. The number of aryl methyl sites for hydroxylation is 2. The van der Waals surface area contributed by atoms with Crippen LogP contribution < -0.4 is 5.32 Å². The molecule has 2 aromatic rings. The maximum Gasteiger partial charge on any atom is 0.128 e. The highest BCUT2D eigenvalue weighted by Gasteiger charge is 2.17. The van der Waals surface area contributed by atoms with Gasteiger partial charge in [0, 0.05) is 26.7 Å². The maximum atomic E-state index is 14.3. The number of halogens is 2. The standard InChI is InChI=1S/C17H19BrFNS/c1-11-8-12(2)17(14(19)9-11)15(20-3)10-21-16-7-5-4-6-13(16)18/h4-9,15,20H,10H2,1-3H3. The van der Waals surface area contributed by atoms with Gasteiger partial charge in [-0.1, -0.05) is 18.2 Å². The molecule has 0 saturated heterocycles. The van der Waals surface area contributed by atoms with Crippen LogP contribution in [0.25, 0.3) is 0 Å². The Morgan fingerprint density at radius 1 is 1.24 bits per heavy atom. The van der Waals surface area contributed by atoms with Gasteiger partial charge in [-0.3, -0.25) is 0 Å². The Bertz CT molecular complexity index is 607. The molecule has 0 spiro atoms. The fourth-order valence-electron chi connectivity index (χ4n) is 2.41. The molecule has 21 heavy (non-hydrogen) atoms. The summed E-state index contributed by atoms with van der Waals surface area (Å²) in [6.07, 6.45) is 0. The lowest BCUT2D eigenvalue weighted by Gasteiger charge is -2.20. The second-order valence-electron chi connectivity index (χ2n) is 5.06. The maximum absolute atomic E-state index is 14.3. The van der Waals surface area contributed by atoms with Gasteiger partial charge in [0.1, 0.15) is 5.82 Å². The summed E-state index contributed by atoms with van der Waals surface area (Å²) >= 11 is 5.27. The van der Waals surface area contributed by atoms with E-state index >= 15 is 0 Å². The molecule has 0 fully saturated rings. The van der Waals surface area contributed by atoms with Crippen LogP contribution in [0, 0.1) is 19.7 Å². The molecule has 0 saturated carbocycles. The average molecular weight is 368 g/mol. The Balaban J connectivity index is 2.20. The molecule has 1 atom stereocenters. The van der Waals surface area contributed by atoms with Crippen LogP contribution >= 0.6 is 27.7 Å². The minimum Gasteiger partial charge on any atom is -0.312 e. The highest BCUT2D eigenvalue weighted by atomic mass is 79.9. The lowest BCUT2D eigenvalue weighted by Crippen LogP contribution is -2.21. The van der Waals surface area contributed by atoms with Crippen molar-refractivity contribution in [1.29, 1.82) is 0 Å². The zero-order valence-electron chi connectivity index (χ0n) is 12.4. The van der Waals surface area contributed by atoms with E-state index in [1.54, 1.807) is 17.8 Å². The van der Waals surface area contributed by atoms with Gasteiger partial charge in [0.15, 0.2) is 0 Å². The number of hydrogen-bond donors (Lipinski definition) is 1. The molecule has 1 N–H and O–H groups in total. The van der Waals surface area contributed by atoms with E-state index in [9.17, 15) is 4.39 Å². The summed E-state index contributed by atoms with van der Waals surface area (Å²) < 4.78 is 15.4. The van der Waals surface area contributed by atoms with Crippen LogP contribution in [0.2, 0.25) is 0 Å². The van der Waals surface area contributed by atoms with Crippen LogP contribution in [0.4, 0.5) is 4.39 Å². The smallest absolute Gasteiger partial charge is 0.128 e. The second-order valence-corrected chi connectivity index (χ2v) is 6.98. The number of rotatable bonds is 5. The first-order valence-electron chi connectivity index (χ1n) is 6.84.